The molecule has 0 bridgehead atoms. The maximum atomic E-state index is 11.6. The molecule has 0 N–H and O–H groups in total. The van der Waals surface area contributed by atoms with Gasteiger partial charge < -0.3 is 9.47 Å². The highest BCUT2D eigenvalue weighted by molar-refractivity contribution is 6.42. The quantitative estimate of drug-likeness (QED) is 0.595. The van der Waals surface area contributed by atoms with Crippen molar-refractivity contribution in [2.45, 2.75) is 6.61 Å². The van der Waals surface area contributed by atoms with E-state index in [1.165, 1.54) is 12.1 Å². The van der Waals surface area contributed by atoms with Crippen LogP contribution in [0.1, 0.15) is 5.56 Å². The van der Waals surface area contributed by atoms with E-state index in [1.54, 1.807) is 18.2 Å². The molecule has 0 aliphatic carbocycles. The largest absolute Gasteiger partial charge is 0.485 e. The Bertz CT molecular complexity index is 671. The van der Waals surface area contributed by atoms with E-state index in [-0.39, 0.29) is 6.61 Å². The third kappa shape index (κ3) is 4.76. The highest BCUT2D eigenvalue weighted by atomic mass is 35.5. The summed E-state index contributed by atoms with van der Waals surface area (Å²) in [5, 5.41) is 0.681. The standard InChI is InChI=1S/C16H12Cl2O4/c17-13-7-6-12(8-14(13)18)21-10-15(19)16(20)22-9-11-4-2-1-3-5-11/h1-8H,9-10H2. The molecule has 0 atom stereocenters. The van der Waals surface area contributed by atoms with Crippen molar-refractivity contribution in [1.82, 2.24) is 0 Å². The summed E-state index contributed by atoms with van der Waals surface area (Å²) in [4.78, 5) is 23.2. The first-order chi connectivity index (χ1) is 10.6. The number of hydrogen-bond donors (Lipinski definition) is 0. The highest BCUT2D eigenvalue weighted by Gasteiger charge is 2.16. The summed E-state index contributed by atoms with van der Waals surface area (Å²) in [6.07, 6.45) is 0. The molecule has 114 valence electrons. The number of Topliss-reactive ketones (excluding diaryl/α,β-unsaturated/α-hetero) is 1. The molecule has 6 heteroatoms. The van der Waals surface area contributed by atoms with E-state index in [9.17, 15) is 9.59 Å². The average molecular weight is 339 g/mol. The van der Waals surface area contributed by atoms with Gasteiger partial charge in [0.2, 0.25) is 0 Å². The van der Waals surface area contributed by atoms with Gasteiger partial charge in [-0.05, 0) is 17.7 Å². The van der Waals surface area contributed by atoms with Crippen LogP contribution < -0.4 is 4.74 Å². The molecule has 0 saturated heterocycles. The molecular weight excluding hydrogens is 327 g/mol. The second-order valence-corrected chi connectivity index (χ2v) is 5.16. The Labute approximate surface area is 137 Å². The van der Waals surface area contributed by atoms with Gasteiger partial charge in [0.25, 0.3) is 5.78 Å². The average Bonchev–Trinajstić information content (AvgIpc) is 2.54. The van der Waals surface area contributed by atoms with Crippen LogP contribution >= 0.6 is 23.2 Å². The topological polar surface area (TPSA) is 52.6 Å². The van der Waals surface area contributed by atoms with Gasteiger partial charge in [-0.25, -0.2) is 4.79 Å². The molecule has 0 saturated carbocycles. The molecule has 2 rings (SSSR count). The first-order valence-electron chi connectivity index (χ1n) is 6.38. The van der Waals surface area contributed by atoms with Crippen molar-refractivity contribution >= 4 is 35.0 Å². The Balaban J connectivity index is 1.81. The fraction of sp³-hybridized carbons (Fsp3) is 0.125. The van der Waals surface area contributed by atoms with Crippen LogP contribution in [0.4, 0.5) is 0 Å². The number of benzene rings is 2. The predicted octanol–water partition coefficient (Wildman–Crippen LogP) is 3.68. The van der Waals surface area contributed by atoms with Crippen LogP contribution in [0, 0.1) is 0 Å². The minimum atomic E-state index is -0.941. The third-order valence-corrected chi connectivity index (χ3v) is 3.44. The SMILES string of the molecule is O=C(COc1ccc(Cl)c(Cl)c1)C(=O)OCc1ccccc1. The number of rotatable bonds is 6. The fourth-order valence-electron chi connectivity index (χ4n) is 1.58. The van der Waals surface area contributed by atoms with Gasteiger partial charge in [0.05, 0.1) is 10.0 Å². The van der Waals surface area contributed by atoms with E-state index in [4.69, 9.17) is 32.7 Å². The minimum absolute atomic E-state index is 0.0399. The lowest BCUT2D eigenvalue weighted by Gasteiger charge is -2.07. The van der Waals surface area contributed by atoms with Crippen molar-refractivity contribution in [2.24, 2.45) is 0 Å². The zero-order valence-electron chi connectivity index (χ0n) is 11.4. The molecular formula is C16H12Cl2O4. The van der Waals surface area contributed by atoms with Gasteiger partial charge in [-0.1, -0.05) is 53.5 Å². The number of halogens is 2. The Morgan fingerprint density at radius 1 is 0.955 bits per heavy atom. The number of ether oxygens (including phenoxy) is 2. The predicted molar refractivity (Wildman–Crippen MR) is 83.2 cm³/mol. The monoisotopic (exact) mass is 338 g/mol. The molecule has 0 amide bonds. The molecule has 2 aromatic rings. The summed E-state index contributed by atoms with van der Waals surface area (Å²) in [7, 11) is 0. The highest BCUT2D eigenvalue weighted by Crippen LogP contribution is 2.26. The molecule has 0 radical (unpaired) electrons. The van der Waals surface area contributed by atoms with Gasteiger partial charge in [0.1, 0.15) is 12.4 Å². The molecule has 4 nitrogen and oxygen atoms in total. The van der Waals surface area contributed by atoms with Crippen LogP contribution in [0.15, 0.2) is 48.5 Å². The van der Waals surface area contributed by atoms with Crippen molar-refractivity contribution in [2.75, 3.05) is 6.61 Å². The molecule has 0 aliphatic rings. The van der Waals surface area contributed by atoms with Crippen molar-refractivity contribution in [3.05, 3.63) is 64.1 Å². The Hall–Kier alpha value is -2.04. The normalized spacial score (nSPS) is 10.1. The van der Waals surface area contributed by atoms with Gasteiger partial charge in [-0.15, -0.1) is 0 Å². The van der Waals surface area contributed by atoms with Gasteiger partial charge in [0, 0.05) is 6.07 Å². The van der Waals surface area contributed by atoms with E-state index in [1.807, 2.05) is 18.2 Å². The number of hydrogen-bond acceptors (Lipinski definition) is 4. The van der Waals surface area contributed by atoms with E-state index in [2.05, 4.69) is 0 Å². The second-order valence-electron chi connectivity index (χ2n) is 4.35. The van der Waals surface area contributed by atoms with Crippen LogP contribution in [-0.4, -0.2) is 18.4 Å². The number of esters is 1. The first kappa shape index (κ1) is 16.3. The number of ketones is 1. The Morgan fingerprint density at radius 3 is 2.36 bits per heavy atom. The van der Waals surface area contributed by atoms with Crippen LogP contribution in [-0.2, 0) is 20.9 Å². The van der Waals surface area contributed by atoms with Crippen LogP contribution in [0.3, 0.4) is 0 Å². The lowest BCUT2D eigenvalue weighted by molar-refractivity contribution is -0.155. The van der Waals surface area contributed by atoms with E-state index in [0.717, 1.165) is 5.56 Å². The molecule has 0 aliphatic heterocycles. The van der Waals surface area contributed by atoms with Gasteiger partial charge in [0.15, 0.2) is 6.61 Å². The molecule has 2 aromatic carbocycles. The smallest absolute Gasteiger partial charge is 0.378 e. The first-order valence-corrected chi connectivity index (χ1v) is 7.13. The molecule has 0 heterocycles. The van der Waals surface area contributed by atoms with Crippen molar-refractivity contribution in [3.8, 4) is 5.75 Å². The zero-order valence-corrected chi connectivity index (χ0v) is 12.9. The summed E-state index contributed by atoms with van der Waals surface area (Å²) in [5.41, 5.74) is 0.800. The van der Waals surface area contributed by atoms with E-state index >= 15 is 0 Å². The fourth-order valence-corrected chi connectivity index (χ4v) is 1.87. The number of carbonyl (C=O) groups is 2. The summed E-state index contributed by atoms with van der Waals surface area (Å²) in [6, 6.07) is 13.6. The van der Waals surface area contributed by atoms with Crippen molar-refractivity contribution < 1.29 is 19.1 Å². The molecule has 0 spiro atoms. The van der Waals surface area contributed by atoms with Gasteiger partial charge in [-0.2, -0.15) is 0 Å². The Kier molecular flexibility index (Phi) is 5.81. The maximum absolute atomic E-state index is 11.6. The summed E-state index contributed by atoms with van der Waals surface area (Å²) >= 11 is 11.6. The summed E-state index contributed by atoms with van der Waals surface area (Å²) < 4.78 is 10.1. The van der Waals surface area contributed by atoms with E-state index in [0.29, 0.717) is 15.8 Å². The third-order valence-electron chi connectivity index (χ3n) is 2.70. The Morgan fingerprint density at radius 2 is 1.68 bits per heavy atom. The van der Waals surface area contributed by atoms with Gasteiger partial charge >= 0.3 is 5.97 Å². The van der Waals surface area contributed by atoms with Crippen LogP contribution in [0.2, 0.25) is 10.0 Å². The van der Waals surface area contributed by atoms with Crippen LogP contribution in [0.5, 0.6) is 5.75 Å². The van der Waals surface area contributed by atoms with Crippen LogP contribution in [0.25, 0.3) is 0 Å². The molecule has 22 heavy (non-hydrogen) atoms. The minimum Gasteiger partial charge on any atom is -0.485 e. The molecule has 0 aromatic heterocycles. The van der Waals surface area contributed by atoms with E-state index < -0.39 is 18.4 Å². The van der Waals surface area contributed by atoms with Crippen molar-refractivity contribution in [1.29, 1.82) is 0 Å². The summed E-state index contributed by atoms with van der Waals surface area (Å²) in [5.74, 6) is -1.37. The van der Waals surface area contributed by atoms with Gasteiger partial charge in [-0.3, -0.25) is 4.79 Å². The maximum Gasteiger partial charge on any atom is 0.378 e. The molecule has 0 unspecified atom stereocenters. The molecule has 0 fully saturated rings. The number of carbonyl (C=O) groups excluding carboxylic acids is 2. The second kappa shape index (κ2) is 7.82. The lowest BCUT2D eigenvalue weighted by atomic mass is 10.2. The zero-order chi connectivity index (χ0) is 15.9. The lowest BCUT2D eigenvalue weighted by Crippen LogP contribution is -2.23. The van der Waals surface area contributed by atoms with Crippen molar-refractivity contribution in [3.63, 3.8) is 0 Å². The summed E-state index contributed by atoms with van der Waals surface area (Å²) in [6.45, 7) is -0.385.